The summed E-state index contributed by atoms with van der Waals surface area (Å²) in [4.78, 5) is 33.7. The van der Waals surface area contributed by atoms with Crippen molar-refractivity contribution < 1.29 is 19.1 Å². The van der Waals surface area contributed by atoms with E-state index >= 15 is 0 Å². The predicted molar refractivity (Wildman–Crippen MR) is 109 cm³/mol. The van der Waals surface area contributed by atoms with Gasteiger partial charge >= 0.3 is 7.60 Å². The molecule has 0 radical (unpaired) electrons. The maximum atomic E-state index is 12.1. The normalized spacial score (nSPS) is 18.1. The van der Waals surface area contributed by atoms with Gasteiger partial charge in [-0.1, -0.05) is 24.3 Å². The molecule has 2 unspecified atom stereocenters. The second kappa shape index (κ2) is 10.8. The molecule has 27 heavy (non-hydrogen) atoms. The highest BCUT2D eigenvalue weighted by atomic mass is 32.1. The standard InChI is InChI=1S/C19H27N2O4PS/c22-19(21-11-1-2-12-26(23,24)25)9-8-18-16-6-3-5-15(13-16)17(18)7-4-10-20-14-27/h3,5-6,13,17-18H,1-2,4,7-12H2,(H,21,22)(H2,23,24,25). The minimum absolute atomic E-state index is 0.00440. The molecule has 0 heterocycles. The largest absolute Gasteiger partial charge is 0.356 e. The topological polar surface area (TPSA) is 99.0 Å². The van der Waals surface area contributed by atoms with Crippen LogP contribution in [-0.2, 0) is 9.36 Å². The van der Waals surface area contributed by atoms with Crippen LogP contribution in [-0.4, -0.2) is 40.1 Å². The molecule has 1 aliphatic carbocycles. The lowest BCUT2D eigenvalue weighted by Gasteiger charge is -2.21. The first kappa shape index (κ1) is 21.9. The summed E-state index contributed by atoms with van der Waals surface area (Å²) >= 11 is 4.61. The van der Waals surface area contributed by atoms with Gasteiger partial charge in [0.15, 0.2) is 0 Å². The van der Waals surface area contributed by atoms with Gasteiger partial charge in [-0.15, -0.1) is 0 Å². The van der Waals surface area contributed by atoms with Gasteiger partial charge in [0.05, 0.1) is 5.16 Å². The van der Waals surface area contributed by atoms with Gasteiger partial charge < -0.3 is 15.1 Å². The zero-order valence-electron chi connectivity index (χ0n) is 15.3. The first-order chi connectivity index (χ1) is 12.9. The Kier molecular flexibility index (Phi) is 8.81. The number of carbonyl (C=O) groups is 1. The predicted octanol–water partition coefficient (Wildman–Crippen LogP) is 3.60. The second-order valence-electron chi connectivity index (χ2n) is 6.98. The SMILES string of the molecule is O=C(CCC1c2cccc(c2)C1CCCN=C=S)NCCCCP(=O)(O)O. The molecule has 2 rings (SSSR count). The molecule has 2 atom stereocenters. The number of fused-ring (bicyclic) bond motifs is 2. The Bertz CT molecular complexity index is 730. The van der Waals surface area contributed by atoms with Crippen molar-refractivity contribution >= 4 is 30.9 Å². The summed E-state index contributed by atoms with van der Waals surface area (Å²) in [6, 6.07) is 8.59. The molecular formula is C19H27N2O4PS. The van der Waals surface area contributed by atoms with Crippen molar-refractivity contribution in [2.45, 2.75) is 50.4 Å². The molecular weight excluding hydrogens is 383 g/mol. The lowest BCUT2D eigenvalue weighted by atomic mass is 9.84. The molecule has 0 saturated heterocycles. The number of thiocarbonyl (C=S) groups is 1. The van der Waals surface area contributed by atoms with Crippen LogP contribution in [0.4, 0.5) is 0 Å². The van der Waals surface area contributed by atoms with E-state index in [1.54, 1.807) is 0 Å². The second-order valence-corrected chi connectivity index (χ2v) is 8.94. The Morgan fingerprint density at radius 2 is 1.89 bits per heavy atom. The fourth-order valence-corrected chi connectivity index (χ4v) is 4.43. The van der Waals surface area contributed by atoms with Crippen LogP contribution < -0.4 is 5.32 Å². The van der Waals surface area contributed by atoms with Crippen molar-refractivity contribution in [2.75, 3.05) is 19.3 Å². The first-order valence-corrected chi connectivity index (χ1v) is 11.6. The number of hydrogen-bond acceptors (Lipinski definition) is 4. The van der Waals surface area contributed by atoms with Crippen molar-refractivity contribution in [3.8, 4) is 0 Å². The van der Waals surface area contributed by atoms with Gasteiger partial charge in [0.25, 0.3) is 0 Å². The number of carbonyl (C=O) groups excluding carboxylic acids is 1. The van der Waals surface area contributed by atoms with Gasteiger partial charge in [-0.05, 0) is 67.3 Å². The Morgan fingerprint density at radius 3 is 2.56 bits per heavy atom. The minimum Gasteiger partial charge on any atom is -0.356 e. The summed E-state index contributed by atoms with van der Waals surface area (Å²) in [5, 5.41) is 5.25. The van der Waals surface area contributed by atoms with Crippen LogP contribution in [0.2, 0.25) is 0 Å². The molecule has 0 spiro atoms. The third-order valence-electron chi connectivity index (χ3n) is 4.98. The van der Waals surface area contributed by atoms with E-state index in [2.05, 4.69) is 52.0 Å². The molecule has 0 saturated carbocycles. The number of hydrogen-bond donors (Lipinski definition) is 3. The fourth-order valence-electron chi connectivity index (χ4n) is 3.70. The van der Waals surface area contributed by atoms with Gasteiger partial charge in [-0.3, -0.25) is 9.36 Å². The molecule has 148 valence electrons. The summed E-state index contributed by atoms with van der Waals surface area (Å²) < 4.78 is 10.8. The zero-order valence-corrected chi connectivity index (χ0v) is 17.1. The summed E-state index contributed by atoms with van der Waals surface area (Å²) in [5.74, 6) is 0.772. The van der Waals surface area contributed by atoms with E-state index in [4.69, 9.17) is 9.79 Å². The van der Waals surface area contributed by atoms with Crippen LogP contribution in [0.25, 0.3) is 0 Å². The molecule has 1 aromatic carbocycles. The van der Waals surface area contributed by atoms with Gasteiger partial charge in [-0.25, -0.2) is 4.99 Å². The highest BCUT2D eigenvalue weighted by Crippen LogP contribution is 2.45. The van der Waals surface area contributed by atoms with E-state index in [1.807, 2.05) is 0 Å². The number of unbranched alkanes of at least 4 members (excludes halogenated alkanes) is 1. The Hall–Kier alpha value is -1.36. The lowest BCUT2D eigenvalue weighted by molar-refractivity contribution is -0.121. The maximum Gasteiger partial charge on any atom is 0.325 e. The number of nitrogens with zero attached hydrogens (tertiary/aromatic N) is 1. The quantitative estimate of drug-likeness (QED) is 0.212. The summed E-state index contributed by atoms with van der Waals surface area (Å²) in [5.41, 5.74) is 2.63. The fraction of sp³-hybridized carbons (Fsp3) is 0.579. The Labute approximate surface area is 165 Å². The van der Waals surface area contributed by atoms with E-state index in [9.17, 15) is 9.36 Å². The van der Waals surface area contributed by atoms with Crippen LogP contribution in [0.15, 0.2) is 29.3 Å². The number of amides is 1. The van der Waals surface area contributed by atoms with Crippen molar-refractivity contribution in [1.82, 2.24) is 5.32 Å². The van der Waals surface area contributed by atoms with Crippen LogP contribution in [0.3, 0.4) is 0 Å². The Balaban J connectivity index is 1.74. The average Bonchev–Trinajstić information content (AvgIpc) is 2.85. The third-order valence-corrected chi connectivity index (χ3v) is 6.01. The van der Waals surface area contributed by atoms with Gasteiger partial charge in [-0.2, -0.15) is 0 Å². The van der Waals surface area contributed by atoms with E-state index in [1.165, 1.54) is 11.1 Å². The summed E-state index contributed by atoms with van der Waals surface area (Å²) in [6.45, 7) is 1.15. The van der Waals surface area contributed by atoms with Gasteiger partial charge in [0, 0.05) is 25.7 Å². The third kappa shape index (κ3) is 7.65. The van der Waals surface area contributed by atoms with Crippen LogP contribution in [0, 0.1) is 0 Å². The average molecular weight is 410 g/mol. The molecule has 3 N–H and O–H groups in total. The molecule has 1 aliphatic rings. The number of aliphatic imine (C=N–C) groups is 1. The highest BCUT2D eigenvalue weighted by Gasteiger charge is 2.30. The number of benzene rings is 1. The smallest absolute Gasteiger partial charge is 0.325 e. The van der Waals surface area contributed by atoms with Crippen molar-refractivity contribution in [2.24, 2.45) is 4.99 Å². The van der Waals surface area contributed by atoms with Crippen LogP contribution >= 0.6 is 19.8 Å². The van der Waals surface area contributed by atoms with Gasteiger partial charge in [0.2, 0.25) is 5.91 Å². The summed E-state index contributed by atoms with van der Waals surface area (Å²) in [7, 11) is -3.94. The van der Waals surface area contributed by atoms with Gasteiger partial charge in [0.1, 0.15) is 0 Å². The van der Waals surface area contributed by atoms with E-state index in [0.29, 0.717) is 44.2 Å². The molecule has 6 nitrogen and oxygen atoms in total. The van der Waals surface area contributed by atoms with Crippen molar-refractivity contribution in [3.05, 3.63) is 35.4 Å². The molecule has 2 bridgehead atoms. The van der Waals surface area contributed by atoms with Crippen LogP contribution in [0.1, 0.15) is 61.5 Å². The number of nitrogens with one attached hydrogen (secondary N) is 1. The minimum atomic E-state index is -3.94. The van der Waals surface area contributed by atoms with Crippen molar-refractivity contribution in [3.63, 3.8) is 0 Å². The first-order valence-electron chi connectivity index (χ1n) is 9.35. The van der Waals surface area contributed by atoms with Crippen molar-refractivity contribution in [1.29, 1.82) is 0 Å². The molecule has 1 amide bonds. The zero-order chi connectivity index (χ0) is 19.7. The highest BCUT2D eigenvalue weighted by molar-refractivity contribution is 7.78. The van der Waals surface area contributed by atoms with E-state index in [0.717, 1.165) is 19.3 Å². The summed E-state index contributed by atoms with van der Waals surface area (Å²) in [6.07, 6.45) is 4.07. The molecule has 0 fully saturated rings. The maximum absolute atomic E-state index is 12.1. The molecule has 0 aliphatic heterocycles. The molecule has 1 aromatic rings. The van der Waals surface area contributed by atoms with Crippen LogP contribution in [0.5, 0.6) is 0 Å². The lowest BCUT2D eigenvalue weighted by Crippen LogP contribution is -2.25. The van der Waals surface area contributed by atoms with E-state index < -0.39 is 7.60 Å². The molecule has 0 aromatic heterocycles. The molecule has 8 heteroatoms. The van der Waals surface area contributed by atoms with E-state index in [-0.39, 0.29) is 12.1 Å². The monoisotopic (exact) mass is 410 g/mol. The number of isothiocyanates is 1. The number of rotatable bonds is 12. The Morgan fingerprint density at radius 1 is 1.19 bits per heavy atom.